The number of guanidine groups is 1. The summed E-state index contributed by atoms with van der Waals surface area (Å²) in [7, 11) is 3.33. The van der Waals surface area contributed by atoms with E-state index in [2.05, 4.69) is 55.4 Å². The molecule has 1 fully saturated rings. The average Bonchev–Trinajstić information content (AvgIpc) is 2.73. The molecular weight excluding hydrogens is 380 g/mol. The minimum atomic E-state index is 0.145. The Morgan fingerprint density at radius 1 is 1.13 bits per heavy atom. The molecule has 1 aromatic carbocycles. The summed E-state index contributed by atoms with van der Waals surface area (Å²) >= 11 is 0. The Kier molecular flexibility index (Phi) is 9.72. The number of rotatable bonds is 9. The molecule has 1 saturated heterocycles. The van der Waals surface area contributed by atoms with Gasteiger partial charge in [-0.25, -0.2) is 0 Å². The van der Waals surface area contributed by atoms with Crippen LogP contribution >= 0.6 is 0 Å². The van der Waals surface area contributed by atoms with Crippen molar-refractivity contribution in [3.05, 3.63) is 23.8 Å². The highest BCUT2D eigenvalue weighted by molar-refractivity contribution is 5.79. The van der Waals surface area contributed by atoms with Crippen LogP contribution in [0.2, 0.25) is 0 Å². The lowest BCUT2D eigenvalue weighted by Gasteiger charge is -2.34. The number of methoxy groups -OCH3 is 2. The summed E-state index contributed by atoms with van der Waals surface area (Å²) in [6.07, 6.45) is 1.08. The van der Waals surface area contributed by atoms with Crippen LogP contribution in [-0.4, -0.2) is 71.0 Å². The van der Waals surface area contributed by atoms with Crippen LogP contribution in [0.5, 0.6) is 11.5 Å². The third-order valence-electron chi connectivity index (χ3n) is 5.21. The van der Waals surface area contributed by atoms with Crippen molar-refractivity contribution >= 4 is 5.96 Å². The molecule has 170 valence electrons. The minimum Gasteiger partial charge on any atom is -0.493 e. The van der Waals surface area contributed by atoms with Crippen LogP contribution in [0.1, 0.15) is 45.7 Å². The minimum absolute atomic E-state index is 0.145. The predicted octanol–water partition coefficient (Wildman–Crippen LogP) is 3.07. The first kappa shape index (κ1) is 24.3. The number of hydrogen-bond donors (Lipinski definition) is 2. The number of benzene rings is 1. The van der Waals surface area contributed by atoms with Gasteiger partial charge in [-0.3, -0.25) is 9.89 Å². The first-order valence-electron chi connectivity index (χ1n) is 10.9. The van der Waals surface area contributed by atoms with Gasteiger partial charge in [-0.2, -0.15) is 0 Å². The van der Waals surface area contributed by atoms with Crippen molar-refractivity contribution < 1.29 is 14.2 Å². The molecule has 0 aliphatic carbocycles. The maximum Gasteiger partial charge on any atom is 0.191 e. The Morgan fingerprint density at radius 3 is 2.43 bits per heavy atom. The molecular formula is C23H40N4O3. The summed E-state index contributed by atoms with van der Waals surface area (Å²) in [5.41, 5.74) is 1.46. The quantitative estimate of drug-likeness (QED) is 0.473. The zero-order chi connectivity index (χ0) is 22.0. The predicted molar refractivity (Wildman–Crippen MR) is 123 cm³/mol. The van der Waals surface area contributed by atoms with Gasteiger partial charge in [-0.05, 0) is 36.5 Å². The molecule has 1 aliphatic rings. The molecule has 1 heterocycles. The van der Waals surface area contributed by atoms with Crippen molar-refractivity contribution in [1.82, 2.24) is 15.5 Å². The standard InChI is InChI=1S/C23H40N4O3/c1-7-24-22(25-11-10-23(2,3)4)26-17-19(27-12-14-30-15-13-27)18-8-9-20(28-5)21(16-18)29-6/h8-9,16,19H,7,10-15,17H2,1-6H3,(H2,24,25,26). The molecule has 0 saturated carbocycles. The van der Waals surface area contributed by atoms with E-state index in [9.17, 15) is 0 Å². The van der Waals surface area contributed by atoms with Gasteiger partial charge in [0.25, 0.3) is 0 Å². The molecule has 1 aromatic rings. The van der Waals surface area contributed by atoms with Gasteiger partial charge in [0.15, 0.2) is 17.5 Å². The lowest BCUT2D eigenvalue weighted by Crippen LogP contribution is -2.42. The van der Waals surface area contributed by atoms with Gasteiger partial charge in [0, 0.05) is 26.2 Å². The van der Waals surface area contributed by atoms with Crippen LogP contribution in [-0.2, 0) is 4.74 Å². The average molecular weight is 421 g/mol. The van der Waals surface area contributed by atoms with E-state index in [1.54, 1.807) is 14.2 Å². The SMILES string of the molecule is CCNC(=NCC(c1ccc(OC)c(OC)c1)N1CCOCC1)NCCC(C)(C)C. The van der Waals surface area contributed by atoms with Crippen LogP contribution in [0.4, 0.5) is 0 Å². The van der Waals surface area contributed by atoms with Gasteiger partial charge in [-0.15, -0.1) is 0 Å². The summed E-state index contributed by atoms with van der Waals surface area (Å²) in [6, 6.07) is 6.29. The fourth-order valence-electron chi connectivity index (χ4n) is 3.46. The maximum absolute atomic E-state index is 5.57. The van der Waals surface area contributed by atoms with Crippen molar-refractivity contribution in [2.75, 3.05) is 60.2 Å². The van der Waals surface area contributed by atoms with Gasteiger partial charge >= 0.3 is 0 Å². The number of morpholine rings is 1. The number of hydrogen-bond acceptors (Lipinski definition) is 5. The van der Waals surface area contributed by atoms with Crippen molar-refractivity contribution in [2.45, 2.75) is 40.2 Å². The summed E-state index contributed by atoms with van der Waals surface area (Å²) in [5.74, 6) is 2.34. The highest BCUT2D eigenvalue weighted by Gasteiger charge is 2.24. The second-order valence-electron chi connectivity index (χ2n) is 8.74. The summed E-state index contributed by atoms with van der Waals surface area (Å²) in [6.45, 7) is 14.5. The van der Waals surface area contributed by atoms with E-state index < -0.39 is 0 Å². The van der Waals surface area contributed by atoms with Crippen molar-refractivity contribution in [2.24, 2.45) is 10.4 Å². The molecule has 0 bridgehead atoms. The Labute approximate surface area is 182 Å². The van der Waals surface area contributed by atoms with Crippen LogP contribution in [0, 0.1) is 5.41 Å². The molecule has 1 atom stereocenters. The summed E-state index contributed by atoms with van der Waals surface area (Å²) in [4.78, 5) is 7.36. The van der Waals surface area contributed by atoms with Crippen LogP contribution < -0.4 is 20.1 Å². The molecule has 0 aromatic heterocycles. The first-order valence-corrected chi connectivity index (χ1v) is 10.9. The molecule has 1 aliphatic heterocycles. The molecule has 1 unspecified atom stereocenters. The van der Waals surface area contributed by atoms with Gasteiger partial charge < -0.3 is 24.8 Å². The molecule has 30 heavy (non-hydrogen) atoms. The molecule has 2 N–H and O–H groups in total. The summed E-state index contributed by atoms with van der Waals surface area (Å²) in [5, 5.41) is 6.85. The molecule has 0 spiro atoms. The molecule has 0 amide bonds. The monoisotopic (exact) mass is 420 g/mol. The number of aliphatic imine (C=N–C) groups is 1. The van der Waals surface area contributed by atoms with Crippen LogP contribution in [0.25, 0.3) is 0 Å². The van der Waals surface area contributed by atoms with Crippen molar-refractivity contribution in [3.63, 3.8) is 0 Å². The third kappa shape index (κ3) is 7.69. The lowest BCUT2D eigenvalue weighted by molar-refractivity contribution is 0.0179. The highest BCUT2D eigenvalue weighted by Crippen LogP contribution is 2.32. The Hall–Kier alpha value is -1.99. The second-order valence-corrected chi connectivity index (χ2v) is 8.74. The van der Waals surface area contributed by atoms with Gasteiger partial charge in [0.2, 0.25) is 0 Å². The van der Waals surface area contributed by atoms with Crippen molar-refractivity contribution in [3.8, 4) is 11.5 Å². The van der Waals surface area contributed by atoms with E-state index in [-0.39, 0.29) is 6.04 Å². The Morgan fingerprint density at radius 2 is 1.83 bits per heavy atom. The smallest absolute Gasteiger partial charge is 0.191 e. The van der Waals surface area contributed by atoms with E-state index in [0.717, 1.165) is 63.3 Å². The molecule has 2 rings (SSSR count). The molecule has 7 heteroatoms. The lowest BCUT2D eigenvalue weighted by atomic mass is 9.92. The Balaban J connectivity index is 2.20. The normalized spacial score (nSPS) is 16.8. The van der Waals surface area contributed by atoms with E-state index >= 15 is 0 Å². The summed E-state index contributed by atoms with van der Waals surface area (Å²) < 4.78 is 16.5. The van der Waals surface area contributed by atoms with E-state index in [1.165, 1.54) is 5.56 Å². The second kappa shape index (κ2) is 12.0. The zero-order valence-electron chi connectivity index (χ0n) is 19.6. The van der Waals surface area contributed by atoms with E-state index in [4.69, 9.17) is 19.2 Å². The Bertz CT molecular complexity index is 667. The van der Waals surface area contributed by atoms with Crippen LogP contribution in [0.3, 0.4) is 0 Å². The van der Waals surface area contributed by atoms with E-state index in [1.807, 2.05) is 6.07 Å². The highest BCUT2D eigenvalue weighted by atomic mass is 16.5. The van der Waals surface area contributed by atoms with E-state index in [0.29, 0.717) is 12.0 Å². The fraction of sp³-hybridized carbons (Fsp3) is 0.696. The third-order valence-corrected chi connectivity index (χ3v) is 5.21. The maximum atomic E-state index is 5.57. The largest absolute Gasteiger partial charge is 0.493 e. The number of ether oxygens (including phenoxy) is 3. The topological polar surface area (TPSA) is 67.4 Å². The van der Waals surface area contributed by atoms with Crippen LogP contribution in [0.15, 0.2) is 23.2 Å². The van der Waals surface area contributed by atoms with Gasteiger partial charge in [-0.1, -0.05) is 26.8 Å². The zero-order valence-corrected chi connectivity index (χ0v) is 19.6. The first-order chi connectivity index (χ1) is 14.4. The molecule has 0 radical (unpaired) electrons. The number of nitrogens with one attached hydrogen (secondary N) is 2. The fourth-order valence-corrected chi connectivity index (χ4v) is 3.46. The van der Waals surface area contributed by atoms with Gasteiger partial charge in [0.05, 0.1) is 40.0 Å². The number of nitrogens with zero attached hydrogens (tertiary/aromatic N) is 2. The van der Waals surface area contributed by atoms with Crippen molar-refractivity contribution in [1.29, 1.82) is 0 Å². The molecule has 7 nitrogen and oxygen atoms in total. The van der Waals surface area contributed by atoms with Gasteiger partial charge in [0.1, 0.15) is 0 Å².